The fourth-order valence-electron chi connectivity index (χ4n) is 2.79. The van der Waals surface area contributed by atoms with Gasteiger partial charge in [0.25, 0.3) is 0 Å². The van der Waals surface area contributed by atoms with Gasteiger partial charge >= 0.3 is 0 Å². The topological polar surface area (TPSA) is 55.1 Å². The fourth-order valence-corrected chi connectivity index (χ4v) is 4.37. The Kier molecular flexibility index (Phi) is 7.76. The van der Waals surface area contributed by atoms with E-state index in [9.17, 15) is 4.79 Å². The zero-order chi connectivity index (χ0) is 15.8. The van der Waals surface area contributed by atoms with Crippen molar-refractivity contribution in [3.05, 3.63) is 28.7 Å². The molecule has 0 bridgehead atoms. The number of nitrogens with two attached hydrogens (primary N) is 1. The van der Waals surface area contributed by atoms with Crippen LogP contribution in [0.4, 0.5) is 0 Å². The zero-order valence-electron chi connectivity index (χ0n) is 12.9. The lowest BCUT2D eigenvalue weighted by Gasteiger charge is -2.25. The first-order valence-electron chi connectivity index (χ1n) is 8.07. The van der Waals surface area contributed by atoms with Crippen LogP contribution in [-0.4, -0.2) is 24.2 Å². The summed E-state index contributed by atoms with van der Waals surface area (Å²) in [4.78, 5) is 13.3. The summed E-state index contributed by atoms with van der Waals surface area (Å²) in [6.45, 7) is 0.779. The molecule has 1 aromatic rings. The van der Waals surface area contributed by atoms with Crippen molar-refractivity contribution in [1.82, 2.24) is 5.32 Å². The van der Waals surface area contributed by atoms with Crippen LogP contribution in [0, 0.1) is 5.92 Å². The highest BCUT2D eigenvalue weighted by Crippen LogP contribution is 2.27. The van der Waals surface area contributed by atoms with Gasteiger partial charge in [0.05, 0.1) is 0 Å². The molecule has 0 spiro atoms. The van der Waals surface area contributed by atoms with Crippen molar-refractivity contribution in [2.75, 3.05) is 12.3 Å². The zero-order valence-corrected chi connectivity index (χ0v) is 15.3. The number of benzene rings is 1. The second-order valence-electron chi connectivity index (χ2n) is 5.90. The minimum Gasteiger partial charge on any atom is -0.356 e. The monoisotopic (exact) mass is 384 g/mol. The summed E-state index contributed by atoms with van der Waals surface area (Å²) >= 11 is 5.42. The molecule has 0 aliphatic heterocycles. The number of amides is 1. The summed E-state index contributed by atoms with van der Waals surface area (Å²) in [5.41, 5.74) is 5.94. The number of hydrogen-bond donors (Lipinski definition) is 2. The second-order valence-corrected chi connectivity index (χ2v) is 7.89. The average Bonchev–Trinajstić information content (AvgIpc) is 2.52. The molecule has 0 aromatic heterocycles. The van der Waals surface area contributed by atoms with Gasteiger partial charge in [0.2, 0.25) is 5.91 Å². The lowest BCUT2D eigenvalue weighted by atomic mass is 9.85. The Hall–Kier alpha value is -0.520. The predicted molar refractivity (Wildman–Crippen MR) is 97.0 cm³/mol. The molecular weight excluding hydrogens is 360 g/mol. The minimum absolute atomic E-state index is 0.137. The first-order chi connectivity index (χ1) is 10.7. The molecule has 2 atom stereocenters. The van der Waals surface area contributed by atoms with E-state index < -0.39 is 0 Å². The molecule has 0 heterocycles. The van der Waals surface area contributed by atoms with E-state index in [2.05, 4.69) is 39.4 Å². The number of hydrogen-bond acceptors (Lipinski definition) is 3. The van der Waals surface area contributed by atoms with Gasteiger partial charge in [-0.15, -0.1) is 11.8 Å². The molecule has 2 unspecified atom stereocenters. The van der Waals surface area contributed by atoms with Gasteiger partial charge in [-0.2, -0.15) is 0 Å². The van der Waals surface area contributed by atoms with Crippen LogP contribution in [0.3, 0.4) is 0 Å². The predicted octanol–water partition coefficient (Wildman–Crippen LogP) is 3.96. The van der Waals surface area contributed by atoms with Gasteiger partial charge < -0.3 is 11.1 Å². The van der Waals surface area contributed by atoms with E-state index in [1.165, 1.54) is 4.90 Å². The molecule has 1 aliphatic carbocycles. The highest BCUT2D eigenvalue weighted by atomic mass is 79.9. The molecule has 22 heavy (non-hydrogen) atoms. The van der Waals surface area contributed by atoms with Crippen molar-refractivity contribution in [3.8, 4) is 0 Å². The van der Waals surface area contributed by atoms with Crippen LogP contribution >= 0.6 is 27.7 Å². The van der Waals surface area contributed by atoms with Crippen LogP contribution in [0.1, 0.15) is 38.5 Å². The highest BCUT2D eigenvalue weighted by Gasteiger charge is 2.24. The first-order valence-corrected chi connectivity index (χ1v) is 9.85. The van der Waals surface area contributed by atoms with E-state index >= 15 is 0 Å². The summed E-state index contributed by atoms with van der Waals surface area (Å²) in [6, 6.07) is 8.49. The molecule has 1 amide bonds. The molecule has 3 N–H and O–H groups in total. The summed E-state index contributed by atoms with van der Waals surface area (Å²) in [5, 5.41) is 3.07. The van der Waals surface area contributed by atoms with Gasteiger partial charge in [-0.25, -0.2) is 0 Å². The smallest absolute Gasteiger partial charge is 0.223 e. The molecule has 0 saturated heterocycles. The van der Waals surface area contributed by atoms with Crippen molar-refractivity contribution in [1.29, 1.82) is 0 Å². The average molecular weight is 385 g/mol. The van der Waals surface area contributed by atoms with E-state index in [1.54, 1.807) is 0 Å². The molecule has 3 nitrogen and oxygen atoms in total. The Morgan fingerprint density at radius 2 is 2.14 bits per heavy atom. The van der Waals surface area contributed by atoms with E-state index in [0.717, 1.165) is 55.3 Å². The fraction of sp³-hybridized carbons (Fsp3) is 0.588. The molecule has 1 aliphatic rings. The van der Waals surface area contributed by atoms with Gasteiger partial charge in [0.15, 0.2) is 0 Å². The third-order valence-corrected chi connectivity index (χ3v) is 6.16. The summed E-state index contributed by atoms with van der Waals surface area (Å²) < 4.78 is 1.15. The van der Waals surface area contributed by atoms with E-state index in [-0.39, 0.29) is 17.9 Å². The van der Waals surface area contributed by atoms with Crippen LogP contribution in [0.2, 0.25) is 0 Å². The summed E-state index contributed by atoms with van der Waals surface area (Å²) in [6.07, 6.45) is 6.14. The van der Waals surface area contributed by atoms with Gasteiger partial charge in [0, 0.05) is 27.9 Å². The maximum absolute atomic E-state index is 12.1. The van der Waals surface area contributed by atoms with Crippen LogP contribution in [0.15, 0.2) is 33.6 Å². The van der Waals surface area contributed by atoms with E-state index in [4.69, 9.17) is 5.73 Å². The van der Waals surface area contributed by atoms with Crippen LogP contribution in [0.5, 0.6) is 0 Å². The van der Waals surface area contributed by atoms with Crippen molar-refractivity contribution in [2.45, 2.75) is 49.5 Å². The Labute approximate surface area is 145 Å². The highest BCUT2D eigenvalue weighted by molar-refractivity contribution is 9.10. The molecule has 1 fully saturated rings. The Morgan fingerprint density at radius 1 is 1.32 bits per heavy atom. The maximum Gasteiger partial charge on any atom is 0.223 e. The Balaban J connectivity index is 1.55. The van der Waals surface area contributed by atoms with Crippen molar-refractivity contribution in [3.63, 3.8) is 0 Å². The van der Waals surface area contributed by atoms with Crippen LogP contribution < -0.4 is 11.1 Å². The SMILES string of the molecule is NC1CCCC(C(=O)NCCCCSc2ccccc2Br)C1. The largest absolute Gasteiger partial charge is 0.356 e. The number of thioether (sulfide) groups is 1. The third kappa shape index (κ3) is 5.94. The van der Waals surface area contributed by atoms with Crippen LogP contribution in [-0.2, 0) is 4.79 Å². The number of unbranched alkanes of at least 4 members (excludes halogenated alkanes) is 1. The molecular formula is C17H25BrN2OS. The Bertz CT molecular complexity index is 483. The van der Waals surface area contributed by atoms with E-state index in [1.807, 2.05) is 17.8 Å². The van der Waals surface area contributed by atoms with Crippen molar-refractivity contribution in [2.24, 2.45) is 11.7 Å². The van der Waals surface area contributed by atoms with Gasteiger partial charge in [0.1, 0.15) is 0 Å². The first kappa shape index (κ1) is 17.8. The number of halogens is 1. The molecule has 5 heteroatoms. The standard InChI is InChI=1S/C17H25BrN2OS/c18-15-8-1-2-9-16(15)22-11-4-3-10-20-17(21)13-6-5-7-14(19)12-13/h1-2,8-9,13-14H,3-7,10-12,19H2,(H,20,21). The number of carbonyl (C=O) groups excluding carboxylic acids is 1. The summed E-state index contributed by atoms with van der Waals surface area (Å²) in [7, 11) is 0. The lowest BCUT2D eigenvalue weighted by molar-refractivity contribution is -0.126. The van der Waals surface area contributed by atoms with Crippen molar-refractivity contribution >= 4 is 33.6 Å². The van der Waals surface area contributed by atoms with Gasteiger partial charge in [-0.1, -0.05) is 18.6 Å². The maximum atomic E-state index is 12.1. The minimum atomic E-state index is 0.137. The van der Waals surface area contributed by atoms with E-state index in [0.29, 0.717) is 0 Å². The Morgan fingerprint density at radius 3 is 2.91 bits per heavy atom. The molecule has 1 saturated carbocycles. The normalized spacial score (nSPS) is 21.5. The van der Waals surface area contributed by atoms with Gasteiger partial charge in [-0.05, 0) is 65.9 Å². The second kappa shape index (κ2) is 9.58. The molecule has 122 valence electrons. The quantitative estimate of drug-likeness (QED) is 0.552. The molecule has 2 rings (SSSR count). The molecule has 0 radical (unpaired) electrons. The lowest BCUT2D eigenvalue weighted by Crippen LogP contribution is -2.38. The number of carbonyl (C=O) groups is 1. The third-order valence-electron chi connectivity index (χ3n) is 4.05. The van der Waals surface area contributed by atoms with Crippen LogP contribution in [0.25, 0.3) is 0 Å². The molecule has 1 aromatic carbocycles. The number of rotatable bonds is 7. The summed E-state index contributed by atoms with van der Waals surface area (Å²) in [5.74, 6) is 1.42. The number of nitrogens with one attached hydrogen (secondary N) is 1. The van der Waals surface area contributed by atoms with Crippen molar-refractivity contribution < 1.29 is 4.79 Å². The van der Waals surface area contributed by atoms with Gasteiger partial charge in [-0.3, -0.25) is 4.79 Å².